The van der Waals surface area contributed by atoms with Gasteiger partial charge in [0.05, 0.1) is 15.9 Å². The van der Waals surface area contributed by atoms with Gasteiger partial charge in [-0.25, -0.2) is 8.42 Å². The zero-order chi connectivity index (χ0) is 13.6. The molecule has 0 amide bonds. The number of rotatable bonds is 6. The van der Waals surface area contributed by atoms with E-state index in [4.69, 9.17) is 4.74 Å². The van der Waals surface area contributed by atoms with Crippen LogP contribution in [-0.4, -0.2) is 80.4 Å². The predicted molar refractivity (Wildman–Crippen MR) is 64.1 cm³/mol. The summed E-state index contributed by atoms with van der Waals surface area (Å²) in [7, 11) is -4.12. The minimum absolute atomic E-state index is 0. The Morgan fingerprint density at radius 3 is 2.05 bits per heavy atom. The van der Waals surface area contributed by atoms with E-state index in [0.29, 0.717) is 19.7 Å². The largest absolute Gasteiger partial charge is 1.00 e. The van der Waals surface area contributed by atoms with Crippen molar-refractivity contribution >= 4 is 16.1 Å². The number of piperazine rings is 1. The molecule has 7 nitrogen and oxygen atoms in total. The smallest absolute Gasteiger partial charge is 0.748 e. The van der Waals surface area contributed by atoms with Gasteiger partial charge in [-0.2, -0.15) is 0 Å². The van der Waals surface area contributed by atoms with Crippen LogP contribution in [0.2, 0.25) is 0 Å². The van der Waals surface area contributed by atoms with Crippen molar-refractivity contribution in [3.63, 3.8) is 0 Å². The molecular formula is C10H19N2NaO5S. The van der Waals surface area contributed by atoms with Gasteiger partial charge in [-0.3, -0.25) is 14.6 Å². The molecule has 0 radical (unpaired) electrons. The topological polar surface area (TPSA) is 90.0 Å². The van der Waals surface area contributed by atoms with E-state index in [1.54, 1.807) is 0 Å². The van der Waals surface area contributed by atoms with Crippen LogP contribution in [0.4, 0.5) is 0 Å². The second-order valence-corrected chi connectivity index (χ2v) is 5.81. The van der Waals surface area contributed by atoms with Crippen LogP contribution in [0.15, 0.2) is 0 Å². The normalized spacial score (nSPS) is 17.8. The van der Waals surface area contributed by atoms with Gasteiger partial charge in [0.2, 0.25) is 0 Å². The number of carbonyl (C=O) groups is 1. The second kappa shape index (κ2) is 9.28. The summed E-state index contributed by atoms with van der Waals surface area (Å²) in [6, 6.07) is 0. The van der Waals surface area contributed by atoms with E-state index in [2.05, 4.69) is 4.90 Å². The van der Waals surface area contributed by atoms with Crippen LogP contribution in [0, 0.1) is 0 Å². The minimum atomic E-state index is -4.12. The van der Waals surface area contributed by atoms with Crippen LogP contribution >= 0.6 is 0 Å². The SMILES string of the molecule is CC(=O)OCCN1CCN(CCS(=O)(=O)[O-])CC1.[Na+]. The summed E-state index contributed by atoms with van der Waals surface area (Å²) < 4.78 is 36.4. The molecule has 0 unspecified atom stereocenters. The molecule has 0 atom stereocenters. The Balaban J connectivity index is 0.00000324. The van der Waals surface area contributed by atoms with Crippen LogP contribution in [-0.2, 0) is 19.6 Å². The molecule has 106 valence electrons. The minimum Gasteiger partial charge on any atom is -0.748 e. The van der Waals surface area contributed by atoms with Gasteiger partial charge in [-0.05, 0) is 0 Å². The van der Waals surface area contributed by atoms with Crippen LogP contribution in [0.1, 0.15) is 6.92 Å². The first-order valence-corrected chi connectivity index (χ1v) is 7.46. The van der Waals surface area contributed by atoms with E-state index in [1.807, 2.05) is 4.90 Å². The summed E-state index contributed by atoms with van der Waals surface area (Å²) in [5, 5.41) is 0. The molecule has 0 saturated carbocycles. The number of esters is 1. The molecule has 9 heteroatoms. The third-order valence-electron chi connectivity index (χ3n) is 2.84. The summed E-state index contributed by atoms with van der Waals surface area (Å²) in [5.74, 6) is -0.616. The van der Waals surface area contributed by atoms with Crippen molar-refractivity contribution in [1.29, 1.82) is 0 Å². The van der Waals surface area contributed by atoms with Crippen molar-refractivity contribution < 1.29 is 52.1 Å². The molecule has 0 spiro atoms. The molecule has 0 bridgehead atoms. The van der Waals surface area contributed by atoms with Crippen molar-refractivity contribution in [2.45, 2.75) is 6.92 Å². The first-order chi connectivity index (χ1) is 8.37. The average Bonchev–Trinajstić information content (AvgIpc) is 2.26. The van der Waals surface area contributed by atoms with Crippen molar-refractivity contribution in [3.8, 4) is 0 Å². The van der Waals surface area contributed by atoms with Gasteiger partial charge >= 0.3 is 35.5 Å². The number of carbonyl (C=O) groups excluding carboxylic acids is 1. The molecule has 19 heavy (non-hydrogen) atoms. The Morgan fingerprint density at radius 2 is 1.63 bits per heavy atom. The van der Waals surface area contributed by atoms with E-state index in [9.17, 15) is 17.8 Å². The molecule has 1 aliphatic heterocycles. The third kappa shape index (κ3) is 9.78. The molecule has 1 fully saturated rings. The van der Waals surface area contributed by atoms with Crippen molar-refractivity contribution in [2.24, 2.45) is 0 Å². The predicted octanol–water partition coefficient (Wildman–Crippen LogP) is -4.28. The van der Waals surface area contributed by atoms with Gasteiger partial charge in [-0.15, -0.1) is 0 Å². The van der Waals surface area contributed by atoms with Gasteiger partial charge in [-0.1, -0.05) is 0 Å². The first-order valence-electron chi connectivity index (χ1n) is 5.88. The maximum atomic E-state index is 10.6. The van der Waals surface area contributed by atoms with Gasteiger partial charge in [0, 0.05) is 46.2 Å². The Bertz CT molecular complexity index is 368. The zero-order valence-electron chi connectivity index (χ0n) is 11.5. The van der Waals surface area contributed by atoms with Gasteiger partial charge in [0.1, 0.15) is 6.61 Å². The first kappa shape index (κ1) is 19.3. The van der Waals surface area contributed by atoms with Crippen LogP contribution < -0.4 is 29.6 Å². The number of hydrogen-bond acceptors (Lipinski definition) is 7. The quantitative estimate of drug-likeness (QED) is 0.279. The van der Waals surface area contributed by atoms with Crippen molar-refractivity contribution in [3.05, 3.63) is 0 Å². The van der Waals surface area contributed by atoms with E-state index in [1.165, 1.54) is 6.92 Å². The molecule has 1 saturated heterocycles. The standard InChI is InChI=1S/C10H20N2O5S.Na/c1-10(13)17-8-6-11-2-4-12(5-3-11)7-9-18(14,15)16;/h2-9H2,1H3,(H,14,15,16);/q;+1/p-1. The van der Waals surface area contributed by atoms with E-state index in [0.717, 1.165) is 26.2 Å². The molecule has 0 N–H and O–H groups in total. The molecule has 0 aromatic heterocycles. The van der Waals surface area contributed by atoms with Crippen molar-refractivity contribution in [2.75, 3.05) is 51.6 Å². The summed E-state index contributed by atoms with van der Waals surface area (Å²) in [5.41, 5.74) is 0. The summed E-state index contributed by atoms with van der Waals surface area (Å²) in [6.07, 6.45) is 0. The number of nitrogens with zero attached hydrogens (tertiary/aromatic N) is 2. The fraction of sp³-hybridized carbons (Fsp3) is 0.900. The second-order valence-electron chi connectivity index (χ2n) is 4.29. The van der Waals surface area contributed by atoms with Crippen LogP contribution in [0.3, 0.4) is 0 Å². The fourth-order valence-corrected chi connectivity index (χ4v) is 2.28. The Labute approximate surface area is 136 Å². The molecule has 0 aromatic rings. The third-order valence-corrected chi connectivity index (χ3v) is 3.52. The maximum Gasteiger partial charge on any atom is 1.00 e. The maximum absolute atomic E-state index is 10.6. The van der Waals surface area contributed by atoms with Gasteiger partial charge in [0.25, 0.3) is 0 Å². The summed E-state index contributed by atoms with van der Waals surface area (Å²) in [4.78, 5) is 14.7. The van der Waals surface area contributed by atoms with Crippen LogP contribution in [0.25, 0.3) is 0 Å². The van der Waals surface area contributed by atoms with Gasteiger partial charge in [0.15, 0.2) is 0 Å². The molecule has 0 aliphatic carbocycles. The molecular weight excluding hydrogens is 283 g/mol. The molecule has 0 aromatic carbocycles. The number of hydrogen-bond donors (Lipinski definition) is 0. The van der Waals surface area contributed by atoms with E-state index < -0.39 is 10.1 Å². The zero-order valence-corrected chi connectivity index (χ0v) is 14.3. The molecule has 1 heterocycles. The Kier molecular flexibility index (Phi) is 9.42. The average molecular weight is 302 g/mol. The Morgan fingerprint density at radius 1 is 1.16 bits per heavy atom. The summed E-state index contributed by atoms with van der Waals surface area (Å²) in [6.45, 7) is 5.79. The van der Waals surface area contributed by atoms with E-state index >= 15 is 0 Å². The van der Waals surface area contributed by atoms with Crippen molar-refractivity contribution in [1.82, 2.24) is 9.80 Å². The van der Waals surface area contributed by atoms with Crippen LogP contribution in [0.5, 0.6) is 0 Å². The number of ether oxygens (including phenoxy) is 1. The molecule has 1 rings (SSSR count). The monoisotopic (exact) mass is 302 g/mol. The summed E-state index contributed by atoms with van der Waals surface area (Å²) >= 11 is 0. The Hall–Kier alpha value is 0.300. The van der Waals surface area contributed by atoms with E-state index in [-0.39, 0.29) is 41.3 Å². The fourth-order valence-electron chi connectivity index (χ4n) is 1.80. The van der Waals surface area contributed by atoms with Gasteiger partial charge < -0.3 is 9.29 Å². The molecule has 1 aliphatic rings.